The zero-order valence-electron chi connectivity index (χ0n) is 11.5. The van der Waals surface area contributed by atoms with Gasteiger partial charge >= 0.3 is 5.97 Å². The Hall–Kier alpha value is -0.790. The summed E-state index contributed by atoms with van der Waals surface area (Å²) in [6.07, 6.45) is 9.99. The van der Waals surface area contributed by atoms with Gasteiger partial charge in [-0.05, 0) is 39.0 Å². The summed E-state index contributed by atoms with van der Waals surface area (Å²) in [5.41, 5.74) is 1.34. The van der Waals surface area contributed by atoms with Gasteiger partial charge in [-0.2, -0.15) is 0 Å². The van der Waals surface area contributed by atoms with E-state index in [9.17, 15) is 4.79 Å². The van der Waals surface area contributed by atoms with Crippen molar-refractivity contribution in [2.45, 2.75) is 59.3 Å². The second kappa shape index (κ2) is 7.52. The van der Waals surface area contributed by atoms with Crippen LogP contribution in [0.2, 0.25) is 0 Å². The zero-order valence-corrected chi connectivity index (χ0v) is 11.5. The van der Waals surface area contributed by atoms with Gasteiger partial charge in [-0.15, -0.1) is 0 Å². The minimum Gasteiger partial charge on any atom is -0.466 e. The van der Waals surface area contributed by atoms with Crippen LogP contribution < -0.4 is 0 Å². The van der Waals surface area contributed by atoms with Crippen molar-refractivity contribution in [3.63, 3.8) is 0 Å². The molecule has 0 aliphatic heterocycles. The number of rotatable bonds is 5. The fourth-order valence-electron chi connectivity index (χ4n) is 2.62. The Morgan fingerprint density at radius 1 is 1.35 bits per heavy atom. The van der Waals surface area contributed by atoms with Gasteiger partial charge in [0.1, 0.15) is 0 Å². The number of hydrogen-bond acceptors (Lipinski definition) is 2. The number of ether oxygens (including phenoxy) is 1. The van der Waals surface area contributed by atoms with Crippen molar-refractivity contribution in [2.24, 2.45) is 11.8 Å². The Bertz CT molecular complexity index is 262. The highest BCUT2D eigenvalue weighted by Gasteiger charge is 2.16. The summed E-state index contributed by atoms with van der Waals surface area (Å²) >= 11 is 0. The molecule has 2 nitrogen and oxygen atoms in total. The van der Waals surface area contributed by atoms with E-state index in [4.69, 9.17) is 4.74 Å². The molecule has 1 saturated carbocycles. The van der Waals surface area contributed by atoms with Crippen LogP contribution in [0.3, 0.4) is 0 Å². The van der Waals surface area contributed by atoms with Crippen LogP contribution in [0.25, 0.3) is 0 Å². The molecule has 0 aromatic heterocycles. The topological polar surface area (TPSA) is 26.3 Å². The predicted molar refractivity (Wildman–Crippen MR) is 70.7 cm³/mol. The van der Waals surface area contributed by atoms with Crippen LogP contribution in [0.4, 0.5) is 0 Å². The SMILES string of the molecule is CCOC(=O)C(C)C/C(C)=C/C1CCCCC1. The van der Waals surface area contributed by atoms with Gasteiger partial charge in [-0.25, -0.2) is 0 Å². The molecule has 17 heavy (non-hydrogen) atoms. The Morgan fingerprint density at radius 3 is 2.59 bits per heavy atom. The lowest BCUT2D eigenvalue weighted by atomic mass is 9.87. The molecule has 2 heteroatoms. The fourth-order valence-corrected chi connectivity index (χ4v) is 2.62. The zero-order chi connectivity index (χ0) is 12.7. The average molecular weight is 238 g/mol. The lowest BCUT2D eigenvalue weighted by molar-refractivity contribution is -0.147. The summed E-state index contributed by atoms with van der Waals surface area (Å²) < 4.78 is 5.03. The number of esters is 1. The highest BCUT2D eigenvalue weighted by molar-refractivity contribution is 5.72. The molecule has 0 radical (unpaired) electrons. The van der Waals surface area contributed by atoms with Gasteiger partial charge in [-0.3, -0.25) is 4.79 Å². The van der Waals surface area contributed by atoms with Crippen molar-refractivity contribution >= 4 is 5.97 Å². The van der Waals surface area contributed by atoms with Crippen molar-refractivity contribution < 1.29 is 9.53 Å². The van der Waals surface area contributed by atoms with Crippen molar-refractivity contribution in [3.8, 4) is 0 Å². The van der Waals surface area contributed by atoms with E-state index in [1.165, 1.54) is 37.7 Å². The molecule has 0 aromatic carbocycles. The minimum absolute atomic E-state index is 0.00482. The maximum absolute atomic E-state index is 11.5. The van der Waals surface area contributed by atoms with E-state index in [0.717, 1.165) is 12.3 Å². The molecule has 1 aliphatic rings. The van der Waals surface area contributed by atoms with Crippen LogP contribution >= 0.6 is 0 Å². The molecule has 0 heterocycles. The van der Waals surface area contributed by atoms with E-state index < -0.39 is 0 Å². The molecule has 1 atom stereocenters. The summed E-state index contributed by atoms with van der Waals surface area (Å²) in [5.74, 6) is 0.678. The van der Waals surface area contributed by atoms with Gasteiger partial charge in [0.25, 0.3) is 0 Å². The van der Waals surface area contributed by atoms with E-state index >= 15 is 0 Å². The van der Waals surface area contributed by atoms with Crippen LogP contribution in [0, 0.1) is 11.8 Å². The second-order valence-electron chi connectivity index (χ2n) is 5.27. The van der Waals surface area contributed by atoms with Gasteiger partial charge in [0.2, 0.25) is 0 Å². The first-order valence-electron chi connectivity index (χ1n) is 6.97. The maximum Gasteiger partial charge on any atom is 0.308 e. The molecule has 1 fully saturated rings. The van der Waals surface area contributed by atoms with Crippen molar-refractivity contribution in [3.05, 3.63) is 11.6 Å². The molecule has 0 spiro atoms. The van der Waals surface area contributed by atoms with Crippen molar-refractivity contribution in [2.75, 3.05) is 6.61 Å². The summed E-state index contributed by atoms with van der Waals surface area (Å²) in [6, 6.07) is 0. The highest BCUT2D eigenvalue weighted by atomic mass is 16.5. The van der Waals surface area contributed by atoms with Crippen LogP contribution in [0.5, 0.6) is 0 Å². The molecule has 0 bridgehead atoms. The lowest BCUT2D eigenvalue weighted by Crippen LogP contribution is -2.15. The Kier molecular flexibility index (Phi) is 6.31. The molecule has 1 unspecified atom stereocenters. The quantitative estimate of drug-likeness (QED) is 0.532. The van der Waals surface area contributed by atoms with Gasteiger partial charge in [0, 0.05) is 0 Å². The summed E-state index contributed by atoms with van der Waals surface area (Å²) in [4.78, 5) is 11.5. The van der Waals surface area contributed by atoms with Crippen LogP contribution in [-0.2, 0) is 9.53 Å². The first kappa shape index (κ1) is 14.3. The predicted octanol–water partition coefficient (Wildman–Crippen LogP) is 4.10. The molecule has 98 valence electrons. The van der Waals surface area contributed by atoms with E-state index in [-0.39, 0.29) is 11.9 Å². The van der Waals surface area contributed by atoms with Gasteiger partial charge in [0.05, 0.1) is 12.5 Å². The molecule has 0 N–H and O–H groups in total. The third-order valence-corrected chi connectivity index (χ3v) is 3.49. The fraction of sp³-hybridized carbons (Fsp3) is 0.800. The number of carbonyl (C=O) groups is 1. The van der Waals surface area contributed by atoms with Gasteiger partial charge in [-0.1, -0.05) is 37.8 Å². The highest BCUT2D eigenvalue weighted by Crippen LogP contribution is 2.26. The Balaban J connectivity index is 2.38. The number of hydrogen-bond donors (Lipinski definition) is 0. The van der Waals surface area contributed by atoms with Gasteiger partial charge in [0.15, 0.2) is 0 Å². The van der Waals surface area contributed by atoms with E-state index in [1.807, 2.05) is 13.8 Å². The van der Waals surface area contributed by atoms with Crippen LogP contribution in [-0.4, -0.2) is 12.6 Å². The lowest BCUT2D eigenvalue weighted by Gasteiger charge is -2.19. The largest absolute Gasteiger partial charge is 0.466 e. The summed E-state index contributed by atoms with van der Waals surface area (Å²) in [6.45, 7) is 6.43. The number of allylic oxidation sites excluding steroid dienone is 2. The monoisotopic (exact) mass is 238 g/mol. The third kappa shape index (κ3) is 5.38. The summed E-state index contributed by atoms with van der Waals surface area (Å²) in [7, 11) is 0. The first-order chi connectivity index (χ1) is 8.13. The van der Waals surface area contributed by atoms with Crippen molar-refractivity contribution in [1.82, 2.24) is 0 Å². The standard InChI is InChI=1S/C15H26O2/c1-4-17-15(16)13(3)10-12(2)11-14-8-6-5-7-9-14/h11,13-14H,4-10H2,1-3H3/b12-11+. The average Bonchev–Trinajstić information content (AvgIpc) is 2.30. The van der Waals surface area contributed by atoms with E-state index in [1.54, 1.807) is 0 Å². The van der Waals surface area contributed by atoms with Gasteiger partial charge < -0.3 is 4.74 Å². The van der Waals surface area contributed by atoms with Crippen molar-refractivity contribution in [1.29, 1.82) is 0 Å². The Morgan fingerprint density at radius 2 is 2.00 bits per heavy atom. The third-order valence-electron chi connectivity index (χ3n) is 3.49. The normalized spacial score (nSPS) is 20.1. The molecule has 0 amide bonds. The number of carbonyl (C=O) groups excluding carboxylic acids is 1. The van der Waals surface area contributed by atoms with E-state index in [2.05, 4.69) is 13.0 Å². The minimum atomic E-state index is -0.0658. The molecule has 0 aromatic rings. The van der Waals surface area contributed by atoms with E-state index in [0.29, 0.717) is 6.61 Å². The Labute approximate surface area is 105 Å². The molecule has 0 saturated heterocycles. The maximum atomic E-state index is 11.5. The molecule has 1 aliphatic carbocycles. The molecular formula is C15H26O2. The second-order valence-corrected chi connectivity index (χ2v) is 5.27. The first-order valence-corrected chi connectivity index (χ1v) is 6.97. The molecular weight excluding hydrogens is 212 g/mol. The van der Waals surface area contributed by atoms with Crippen LogP contribution in [0.15, 0.2) is 11.6 Å². The van der Waals surface area contributed by atoms with Crippen LogP contribution in [0.1, 0.15) is 59.3 Å². The smallest absolute Gasteiger partial charge is 0.308 e. The summed E-state index contributed by atoms with van der Waals surface area (Å²) in [5, 5.41) is 0. The molecule has 1 rings (SSSR count).